The summed E-state index contributed by atoms with van der Waals surface area (Å²) in [5.41, 5.74) is 5.15. The lowest BCUT2D eigenvalue weighted by atomic mass is 10.1. The van der Waals surface area contributed by atoms with Crippen LogP contribution >= 0.6 is 0 Å². The smallest absolute Gasteiger partial charge is 0.211 e. The number of rotatable bonds is 2. The van der Waals surface area contributed by atoms with Crippen LogP contribution in [0, 0.1) is 20.8 Å². The van der Waals surface area contributed by atoms with Crippen LogP contribution in [0.15, 0.2) is 12.1 Å². The van der Waals surface area contributed by atoms with Crippen LogP contribution in [-0.2, 0) is 7.05 Å². The molecule has 0 spiro atoms. The van der Waals surface area contributed by atoms with Gasteiger partial charge in [0.1, 0.15) is 5.69 Å². The van der Waals surface area contributed by atoms with Gasteiger partial charge in [0.25, 0.3) is 0 Å². The van der Waals surface area contributed by atoms with Gasteiger partial charge in [-0.15, -0.1) is 0 Å². The topological polar surface area (TPSA) is 39.9 Å². The van der Waals surface area contributed by atoms with Gasteiger partial charge in [-0.3, -0.25) is 4.98 Å². The number of aryl methyl sites for hydroxylation is 4. The fourth-order valence-electron chi connectivity index (χ4n) is 1.86. The van der Waals surface area contributed by atoms with Gasteiger partial charge in [-0.1, -0.05) is 6.07 Å². The highest BCUT2D eigenvalue weighted by Gasteiger charge is 2.12. The van der Waals surface area contributed by atoms with Crippen LogP contribution in [0.4, 0.5) is 0 Å². The number of methoxy groups -OCH3 is 1. The third-order valence-corrected chi connectivity index (χ3v) is 2.95. The Labute approximate surface area is 101 Å². The standard InChI is InChI=1S/C13H17N3O/c1-8-6-9(2)13(14-10(8)3)11-7-12(17-5)16(4)15-11/h6-7H,1-5H3. The summed E-state index contributed by atoms with van der Waals surface area (Å²) in [6, 6.07) is 4.04. The van der Waals surface area contributed by atoms with E-state index in [2.05, 4.69) is 30.0 Å². The van der Waals surface area contributed by atoms with E-state index in [1.165, 1.54) is 5.56 Å². The maximum Gasteiger partial charge on any atom is 0.211 e. The maximum atomic E-state index is 5.21. The third-order valence-electron chi connectivity index (χ3n) is 2.95. The molecule has 0 radical (unpaired) electrons. The number of ether oxygens (including phenoxy) is 1. The summed E-state index contributed by atoms with van der Waals surface area (Å²) < 4.78 is 6.93. The molecule has 0 atom stereocenters. The molecule has 0 aromatic carbocycles. The summed E-state index contributed by atoms with van der Waals surface area (Å²) in [4.78, 5) is 4.60. The van der Waals surface area contributed by atoms with Crippen LogP contribution in [0.5, 0.6) is 5.88 Å². The summed E-state index contributed by atoms with van der Waals surface area (Å²) in [6.07, 6.45) is 0. The van der Waals surface area contributed by atoms with Crippen LogP contribution in [0.2, 0.25) is 0 Å². The average Bonchev–Trinajstić information content (AvgIpc) is 2.65. The van der Waals surface area contributed by atoms with Crippen molar-refractivity contribution in [3.05, 3.63) is 29.0 Å². The Morgan fingerprint density at radius 1 is 1.12 bits per heavy atom. The Morgan fingerprint density at radius 3 is 2.41 bits per heavy atom. The molecule has 0 fully saturated rings. The van der Waals surface area contributed by atoms with Crippen molar-refractivity contribution in [1.29, 1.82) is 0 Å². The van der Waals surface area contributed by atoms with Crippen molar-refractivity contribution in [2.75, 3.05) is 7.11 Å². The molecular weight excluding hydrogens is 214 g/mol. The predicted octanol–water partition coefficient (Wildman–Crippen LogP) is 2.42. The summed E-state index contributed by atoms with van der Waals surface area (Å²) in [5, 5.41) is 4.41. The van der Waals surface area contributed by atoms with Crippen LogP contribution in [-0.4, -0.2) is 21.9 Å². The SMILES string of the molecule is COc1cc(-c2nc(C)c(C)cc2C)nn1C. The molecule has 2 aromatic rings. The summed E-state index contributed by atoms with van der Waals surface area (Å²) in [6.45, 7) is 6.13. The van der Waals surface area contributed by atoms with E-state index in [0.717, 1.165) is 28.5 Å². The molecule has 0 saturated carbocycles. The van der Waals surface area contributed by atoms with Gasteiger partial charge in [0, 0.05) is 18.8 Å². The fourth-order valence-corrected chi connectivity index (χ4v) is 1.86. The molecule has 0 aliphatic heterocycles. The Balaban J connectivity index is 2.56. The van der Waals surface area contributed by atoms with Gasteiger partial charge in [-0.25, -0.2) is 4.68 Å². The normalized spacial score (nSPS) is 10.6. The molecule has 0 unspecified atom stereocenters. The summed E-state index contributed by atoms with van der Waals surface area (Å²) in [7, 11) is 3.50. The quantitative estimate of drug-likeness (QED) is 0.797. The van der Waals surface area contributed by atoms with Crippen molar-refractivity contribution in [1.82, 2.24) is 14.8 Å². The van der Waals surface area contributed by atoms with Crippen molar-refractivity contribution in [3.8, 4) is 17.3 Å². The van der Waals surface area contributed by atoms with Crippen LogP contribution in [0.25, 0.3) is 11.4 Å². The Hall–Kier alpha value is -1.84. The average molecular weight is 231 g/mol. The first-order chi connectivity index (χ1) is 8.02. The summed E-state index contributed by atoms with van der Waals surface area (Å²) >= 11 is 0. The van der Waals surface area contributed by atoms with Crippen molar-refractivity contribution < 1.29 is 4.74 Å². The lowest BCUT2D eigenvalue weighted by Crippen LogP contribution is -1.97. The first-order valence-electron chi connectivity index (χ1n) is 5.56. The minimum atomic E-state index is 0.736. The first kappa shape index (κ1) is 11.6. The van der Waals surface area contributed by atoms with E-state index in [0.29, 0.717) is 0 Å². The van der Waals surface area contributed by atoms with Gasteiger partial charge in [0.2, 0.25) is 5.88 Å². The van der Waals surface area contributed by atoms with Crippen molar-refractivity contribution in [2.45, 2.75) is 20.8 Å². The van der Waals surface area contributed by atoms with Crippen LogP contribution in [0.3, 0.4) is 0 Å². The zero-order valence-electron chi connectivity index (χ0n) is 10.9. The molecule has 0 N–H and O–H groups in total. The molecule has 0 aliphatic rings. The fraction of sp³-hybridized carbons (Fsp3) is 0.385. The Morgan fingerprint density at radius 2 is 1.82 bits per heavy atom. The molecule has 0 saturated heterocycles. The van der Waals surface area contributed by atoms with Crippen molar-refractivity contribution in [3.63, 3.8) is 0 Å². The Kier molecular flexibility index (Phi) is 2.88. The van der Waals surface area contributed by atoms with E-state index in [4.69, 9.17) is 4.74 Å². The highest BCUT2D eigenvalue weighted by atomic mass is 16.5. The largest absolute Gasteiger partial charge is 0.481 e. The van der Waals surface area contributed by atoms with Crippen LogP contribution < -0.4 is 4.74 Å². The number of hydrogen-bond donors (Lipinski definition) is 0. The minimum Gasteiger partial charge on any atom is -0.481 e. The number of nitrogens with zero attached hydrogens (tertiary/aromatic N) is 3. The zero-order chi connectivity index (χ0) is 12.6. The first-order valence-corrected chi connectivity index (χ1v) is 5.56. The highest BCUT2D eigenvalue weighted by Crippen LogP contribution is 2.25. The molecule has 0 aliphatic carbocycles. The Bertz CT molecular complexity index is 558. The molecule has 2 heterocycles. The van der Waals surface area contributed by atoms with E-state index in [1.807, 2.05) is 20.0 Å². The molecule has 90 valence electrons. The summed E-state index contributed by atoms with van der Waals surface area (Å²) in [5.74, 6) is 0.736. The second-order valence-corrected chi connectivity index (χ2v) is 4.25. The van der Waals surface area contributed by atoms with Crippen molar-refractivity contribution in [2.24, 2.45) is 7.05 Å². The van der Waals surface area contributed by atoms with Gasteiger partial charge in [-0.2, -0.15) is 5.10 Å². The van der Waals surface area contributed by atoms with E-state index in [-0.39, 0.29) is 0 Å². The van der Waals surface area contributed by atoms with Crippen molar-refractivity contribution >= 4 is 0 Å². The molecule has 2 rings (SSSR count). The second kappa shape index (κ2) is 4.20. The molecular formula is C13H17N3O. The van der Waals surface area contributed by atoms with Gasteiger partial charge < -0.3 is 4.74 Å². The zero-order valence-corrected chi connectivity index (χ0v) is 10.9. The molecule has 4 nitrogen and oxygen atoms in total. The number of hydrogen-bond acceptors (Lipinski definition) is 3. The molecule has 2 aromatic heterocycles. The molecule has 0 bridgehead atoms. The van der Waals surface area contributed by atoms with Gasteiger partial charge in [-0.05, 0) is 31.9 Å². The van der Waals surface area contributed by atoms with E-state index >= 15 is 0 Å². The number of aromatic nitrogens is 3. The van der Waals surface area contributed by atoms with E-state index < -0.39 is 0 Å². The molecule has 17 heavy (non-hydrogen) atoms. The highest BCUT2D eigenvalue weighted by molar-refractivity contribution is 5.60. The van der Waals surface area contributed by atoms with E-state index in [1.54, 1.807) is 11.8 Å². The predicted molar refractivity (Wildman–Crippen MR) is 67.2 cm³/mol. The van der Waals surface area contributed by atoms with Gasteiger partial charge in [0.15, 0.2) is 0 Å². The van der Waals surface area contributed by atoms with Gasteiger partial charge >= 0.3 is 0 Å². The lowest BCUT2D eigenvalue weighted by molar-refractivity contribution is 0.373. The maximum absolute atomic E-state index is 5.21. The molecule has 0 amide bonds. The lowest BCUT2D eigenvalue weighted by Gasteiger charge is -2.05. The van der Waals surface area contributed by atoms with E-state index in [9.17, 15) is 0 Å². The number of pyridine rings is 1. The third kappa shape index (κ3) is 2.02. The van der Waals surface area contributed by atoms with Crippen LogP contribution in [0.1, 0.15) is 16.8 Å². The molecule has 4 heteroatoms. The minimum absolute atomic E-state index is 0.736. The van der Waals surface area contributed by atoms with Gasteiger partial charge in [0.05, 0.1) is 12.8 Å². The monoisotopic (exact) mass is 231 g/mol. The second-order valence-electron chi connectivity index (χ2n) is 4.25.